The first-order valence-electron chi connectivity index (χ1n) is 8.98. The summed E-state index contributed by atoms with van der Waals surface area (Å²) in [6.07, 6.45) is 0.581. The fraction of sp³-hybridized carbons (Fsp3) is 0.526. The zero-order valence-electron chi connectivity index (χ0n) is 16.0. The fourth-order valence-corrected chi connectivity index (χ4v) is 2.50. The second-order valence-corrected chi connectivity index (χ2v) is 7.32. The third-order valence-corrected chi connectivity index (χ3v) is 3.70. The van der Waals surface area contributed by atoms with Crippen molar-refractivity contribution in [1.82, 2.24) is 10.6 Å². The van der Waals surface area contributed by atoms with Crippen LogP contribution in [-0.2, 0) is 25.6 Å². The smallest absolute Gasteiger partial charge is 0.408 e. The highest BCUT2D eigenvalue weighted by atomic mass is 16.6. The number of hydrogen-bond donors (Lipinski definition) is 3. The van der Waals surface area contributed by atoms with Gasteiger partial charge in [-0.15, -0.1) is 0 Å². The van der Waals surface area contributed by atoms with Gasteiger partial charge in [-0.2, -0.15) is 0 Å². The van der Waals surface area contributed by atoms with Gasteiger partial charge in [0.15, 0.2) is 0 Å². The van der Waals surface area contributed by atoms with E-state index >= 15 is 0 Å². The minimum absolute atomic E-state index is 0.157. The molecule has 148 valence electrons. The molecule has 2 rings (SSSR count). The van der Waals surface area contributed by atoms with Gasteiger partial charge in [0.05, 0.1) is 0 Å². The molecule has 1 aliphatic heterocycles. The summed E-state index contributed by atoms with van der Waals surface area (Å²) in [5, 5.41) is 7.93. The second kappa shape index (κ2) is 9.36. The number of alkyl carbamates (subject to hydrolysis) is 1. The van der Waals surface area contributed by atoms with Crippen molar-refractivity contribution in [3.05, 3.63) is 29.8 Å². The van der Waals surface area contributed by atoms with E-state index in [0.717, 1.165) is 18.4 Å². The molecule has 0 aromatic heterocycles. The molecule has 0 spiro atoms. The van der Waals surface area contributed by atoms with Crippen LogP contribution in [0.3, 0.4) is 0 Å². The van der Waals surface area contributed by atoms with Gasteiger partial charge >= 0.3 is 6.09 Å². The standard InChI is InChI=1S/C19H27N3O5/c1-19(2,3)27-18(25)21-12-16(23)20-11-13-6-4-7-14(10-13)22-17(24)15-8-5-9-26-15/h4,6-7,10,15H,5,8-9,11-12H2,1-3H3,(H,20,23)(H,21,25)(H,22,24). The largest absolute Gasteiger partial charge is 0.444 e. The highest BCUT2D eigenvalue weighted by Crippen LogP contribution is 2.16. The summed E-state index contributed by atoms with van der Waals surface area (Å²) in [7, 11) is 0. The SMILES string of the molecule is CC(C)(C)OC(=O)NCC(=O)NCc1cccc(NC(=O)C2CCCO2)c1. The van der Waals surface area contributed by atoms with Gasteiger partial charge in [0.1, 0.15) is 18.2 Å². The summed E-state index contributed by atoms with van der Waals surface area (Å²) in [5.41, 5.74) is 0.856. The van der Waals surface area contributed by atoms with E-state index in [4.69, 9.17) is 9.47 Å². The third-order valence-electron chi connectivity index (χ3n) is 3.70. The average Bonchev–Trinajstić information content (AvgIpc) is 3.12. The molecule has 0 aliphatic carbocycles. The molecule has 3 amide bonds. The minimum atomic E-state index is -0.642. The van der Waals surface area contributed by atoms with Gasteiger partial charge in [-0.05, 0) is 51.3 Å². The van der Waals surface area contributed by atoms with Gasteiger partial charge < -0.3 is 25.4 Å². The molecule has 1 aromatic carbocycles. The monoisotopic (exact) mass is 377 g/mol. The van der Waals surface area contributed by atoms with Crippen LogP contribution < -0.4 is 16.0 Å². The Labute approximate surface area is 159 Å². The van der Waals surface area contributed by atoms with Crippen molar-refractivity contribution in [3.8, 4) is 0 Å². The first kappa shape index (κ1) is 20.7. The summed E-state index contributed by atoms with van der Waals surface area (Å²) in [6, 6.07) is 7.20. The Morgan fingerprint density at radius 2 is 2.00 bits per heavy atom. The molecule has 1 aromatic rings. The van der Waals surface area contributed by atoms with Crippen LogP contribution >= 0.6 is 0 Å². The zero-order valence-corrected chi connectivity index (χ0v) is 16.0. The number of hydrogen-bond acceptors (Lipinski definition) is 5. The molecule has 1 fully saturated rings. The predicted octanol–water partition coefficient (Wildman–Crippen LogP) is 1.94. The van der Waals surface area contributed by atoms with E-state index in [-0.39, 0.29) is 24.9 Å². The number of amides is 3. The fourth-order valence-electron chi connectivity index (χ4n) is 2.50. The lowest BCUT2D eigenvalue weighted by Gasteiger charge is -2.19. The Morgan fingerprint density at radius 3 is 2.67 bits per heavy atom. The average molecular weight is 377 g/mol. The van der Waals surface area contributed by atoms with E-state index in [0.29, 0.717) is 12.3 Å². The molecule has 0 bridgehead atoms. The van der Waals surface area contributed by atoms with Crippen LogP contribution in [0.15, 0.2) is 24.3 Å². The van der Waals surface area contributed by atoms with Crippen molar-refractivity contribution >= 4 is 23.6 Å². The zero-order chi connectivity index (χ0) is 19.9. The Bertz CT molecular complexity index is 678. The summed E-state index contributed by atoms with van der Waals surface area (Å²) in [4.78, 5) is 35.5. The van der Waals surface area contributed by atoms with Crippen molar-refractivity contribution in [3.63, 3.8) is 0 Å². The molecule has 1 aliphatic rings. The van der Waals surface area contributed by atoms with Gasteiger partial charge in [-0.1, -0.05) is 12.1 Å². The molecular weight excluding hydrogens is 350 g/mol. The van der Waals surface area contributed by atoms with Crippen LogP contribution in [0.4, 0.5) is 10.5 Å². The summed E-state index contributed by atoms with van der Waals surface area (Å²) < 4.78 is 10.4. The van der Waals surface area contributed by atoms with Crippen molar-refractivity contribution in [2.45, 2.75) is 51.9 Å². The number of benzene rings is 1. The normalized spacial score (nSPS) is 16.5. The Morgan fingerprint density at radius 1 is 1.22 bits per heavy atom. The molecular formula is C19H27N3O5. The lowest BCUT2D eigenvalue weighted by molar-refractivity contribution is -0.124. The molecule has 1 unspecified atom stereocenters. The number of carbonyl (C=O) groups is 3. The number of anilines is 1. The topological polar surface area (TPSA) is 106 Å². The Kier molecular flexibility index (Phi) is 7.18. The maximum Gasteiger partial charge on any atom is 0.408 e. The maximum absolute atomic E-state index is 12.1. The van der Waals surface area contributed by atoms with Crippen LogP contribution in [0.1, 0.15) is 39.2 Å². The summed E-state index contributed by atoms with van der Waals surface area (Å²) in [5.74, 6) is -0.495. The van der Waals surface area contributed by atoms with Crippen LogP contribution in [0.25, 0.3) is 0 Å². The van der Waals surface area contributed by atoms with Crippen LogP contribution in [0.2, 0.25) is 0 Å². The van der Waals surface area contributed by atoms with E-state index < -0.39 is 17.8 Å². The van der Waals surface area contributed by atoms with Crippen molar-refractivity contribution in [2.24, 2.45) is 0 Å². The Hall–Kier alpha value is -2.61. The molecule has 8 nitrogen and oxygen atoms in total. The van der Waals surface area contributed by atoms with E-state index in [9.17, 15) is 14.4 Å². The molecule has 3 N–H and O–H groups in total. The van der Waals surface area contributed by atoms with Crippen LogP contribution in [-0.4, -0.2) is 42.8 Å². The number of ether oxygens (including phenoxy) is 2. The molecule has 0 saturated carbocycles. The highest BCUT2D eigenvalue weighted by molar-refractivity contribution is 5.94. The van der Waals surface area contributed by atoms with Crippen molar-refractivity contribution in [2.75, 3.05) is 18.5 Å². The quantitative estimate of drug-likeness (QED) is 0.703. The molecule has 1 saturated heterocycles. The molecule has 0 radical (unpaired) electrons. The van der Waals surface area contributed by atoms with Gasteiger partial charge in [-0.25, -0.2) is 4.79 Å². The van der Waals surface area contributed by atoms with E-state index in [2.05, 4.69) is 16.0 Å². The molecule has 1 atom stereocenters. The first-order valence-corrected chi connectivity index (χ1v) is 8.98. The van der Waals surface area contributed by atoms with Crippen LogP contribution in [0.5, 0.6) is 0 Å². The van der Waals surface area contributed by atoms with Gasteiger partial charge in [0.25, 0.3) is 5.91 Å². The van der Waals surface area contributed by atoms with E-state index in [1.807, 2.05) is 6.07 Å². The number of nitrogens with one attached hydrogen (secondary N) is 3. The molecule has 27 heavy (non-hydrogen) atoms. The van der Waals surface area contributed by atoms with Crippen molar-refractivity contribution in [1.29, 1.82) is 0 Å². The highest BCUT2D eigenvalue weighted by Gasteiger charge is 2.23. The first-order chi connectivity index (χ1) is 12.7. The lowest BCUT2D eigenvalue weighted by Crippen LogP contribution is -2.39. The minimum Gasteiger partial charge on any atom is -0.444 e. The van der Waals surface area contributed by atoms with Gasteiger partial charge in [-0.3, -0.25) is 9.59 Å². The predicted molar refractivity (Wildman–Crippen MR) is 100 cm³/mol. The molecule has 1 heterocycles. The summed E-state index contributed by atoms with van der Waals surface area (Å²) in [6.45, 7) is 5.95. The number of carbonyl (C=O) groups excluding carboxylic acids is 3. The van der Waals surface area contributed by atoms with E-state index in [1.54, 1.807) is 39.0 Å². The van der Waals surface area contributed by atoms with Gasteiger partial charge in [0.2, 0.25) is 5.91 Å². The lowest BCUT2D eigenvalue weighted by atomic mass is 10.2. The van der Waals surface area contributed by atoms with Gasteiger partial charge in [0, 0.05) is 18.8 Å². The maximum atomic E-state index is 12.1. The van der Waals surface area contributed by atoms with E-state index in [1.165, 1.54) is 0 Å². The Balaban J connectivity index is 1.76. The third kappa shape index (κ3) is 7.65. The van der Waals surface area contributed by atoms with Crippen LogP contribution in [0, 0.1) is 0 Å². The second-order valence-electron chi connectivity index (χ2n) is 7.32. The number of rotatable bonds is 6. The summed E-state index contributed by atoms with van der Waals surface area (Å²) >= 11 is 0. The molecule has 8 heteroatoms. The van der Waals surface area contributed by atoms with Crippen molar-refractivity contribution < 1.29 is 23.9 Å².